The summed E-state index contributed by atoms with van der Waals surface area (Å²) < 4.78 is 37.6. The van der Waals surface area contributed by atoms with Crippen LogP contribution in [0.25, 0.3) is 10.8 Å². The second-order valence-corrected chi connectivity index (χ2v) is 14.9. The molecule has 0 radical (unpaired) electrons. The van der Waals surface area contributed by atoms with E-state index in [1.54, 1.807) is 24.4 Å². The van der Waals surface area contributed by atoms with E-state index in [-0.39, 0.29) is 28.9 Å². The molecule has 0 saturated carbocycles. The van der Waals surface area contributed by atoms with Crippen LogP contribution in [0.15, 0.2) is 36.5 Å². The van der Waals surface area contributed by atoms with Gasteiger partial charge in [-0.3, -0.25) is 9.69 Å². The molecule has 270 valence electrons. The van der Waals surface area contributed by atoms with E-state index in [0.29, 0.717) is 57.1 Å². The highest BCUT2D eigenvalue weighted by Gasteiger charge is 2.49. The number of fused-ring (bicyclic) bond motifs is 3. The van der Waals surface area contributed by atoms with Gasteiger partial charge in [0.1, 0.15) is 30.2 Å². The lowest BCUT2D eigenvalue weighted by Crippen LogP contribution is -2.43. The van der Waals surface area contributed by atoms with Gasteiger partial charge in [0, 0.05) is 67.4 Å². The lowest BCUT2D eigenvalue weighted by atomic mass is 9.94. The third-order valence-corrected chi connectivity index (χ3v) is 11.6. The number of rotatable bonds is 7. The predicted octanol–water partition coefficient (Wildman–Crippen LogP) is 6.40. The molecule has 10 nitrogen and oxygen atoms in total. The maximum atomic E-state index is 15.1. The summed E-state index contributed by atoms with van der Waals surface area (Å²) in [5.74, 6) is 0.720. The number of hydrogen-bond donors (Lipinski definition) is 1. The summed E-state index contributed by atoms with van der Waals surface area (Å²) in [6.45, 7) is 8.07. The van der Waals surface area contributed by atoms with Crippen LogP contribution in [0.5, 0.6) is 11.8 Å². The highest BCUT2D eigenvalue weighted by molar-refractivity contribution is 5.98. The Morgan fingerprint density at radius 2 is 1.88 bits per heavy atom. The lowest BCUT2D eigenvalue weighted by Gasteiger charge is -2.36. The molecule has 51 heavy (non-hydrogen) atoms. The summed E-state index contributed by atoms with van der Waals surface area (Å²) >= 11 is 0. The van der Waals surface area contributed by atoms with Gasteiger partial charge in [-0.15, -0.1) is 0 Å². The monoisotopic (exact) mass is 699 g/mol. The number of aryl methyl sites for hydroxylation is 2. The SMILES string of the molecule is CCc1c(F)ccc2cc(O)cc(N3CCc4c(nc(OC[C@@]56CCCN5C[C@H](F)C6)nc4N4CCCC(C(=O)n5ccc(C)n5)CCC4)C3)c12. The zero-order valence-corrected chi connectivity index (χ0v) is 29.6. The number of benzene rings is 2. The van der Waals surface area contributed by atoms with Crippen molar-refractivity contribution in [1.29, 1.82) is 0 Å². The van der Waals surface area contributed by atoms with Crippen molar-refractivity contribution in [2.45, 2.75) is 89.9 Å². The highest BCUT2D eigenvalue weighted by atomic mass is 19.1. The molecule has 0 bridgehead atoms. The number of aromatic nitrogens is 4. The minimum absolute atomic E-state index is 0.0556. The van der Waals surface area contributed by atoms with E-state index in [1.165, 1.54) is 10.7 Å². The van der Waals surface area contributed by atoms with Crippen LogP contribution in [0.3, 0.4) is 0 Å². The fourth-order valence-electron chi connectivity index (χ4n) is 9.14. The first-order chi connectivity index (χ1) is 24.7. The third kappa shape index (κ3) is 6.40. The zero-order valence-electron chi connectivity index (χ0n) is 29.6. The summed E-state index contributed by atoms with van der Waals surface area (Å²) in [7, 11) is 0. The molecule has 2 aromatic heterocycles. The molecular weight excluding hydrogens is 652 g/mol. The predicted molar refractivity (Wildman–Crippen MR) is 192 cm³/mol. The van der Waals surface area contributed by atoms with Gasteiger partial charge in [0.15, 0.2) is 0 Å². The Kier molecular flexibility index (Phi) is 9.06. The summed E-state index contributed by atoms with van der Waals surface area (Å²) in [6, 6.07) is 8.77. The third-order valence-electron chi connectivity index (χ3n) is 11.6. The number of alkyl halides is 1. The van der Waals surface area contributed by atoms with Gasteiger partial charge in [0.25, 0.3) is 0 Å². The first-order valence-electron chi connectivity index (χ1n) is 18.6. The van der Waals surface area contributed by atoms with E-state index in [9.17, 15) is 14.3 Å². The van der Waals surface area contributed by atoms with Crippen molar-refractivity contribution in [3.63, 3.8) is 0 Å². The Balaban J connectivity index is 1.10. The quantitative estimate of drug-likeness (QED) is 0.235. The Morgan fingerprint density at radius 3 is 2.65 bits per heavy atom. The van der Waals surface area contributed by atoms with E-state index in [0.717, 1.165) is 97.4 Å². The first-order valence-corrected chi connectivity index (χ1v) is 18.6. The fourth-order valence-corrected chi connectivity index (χ4v) is 9.14. The molecule has 3 saturated heterocycles. The number of halogens is 2. The van der Waals surface area contributed by atoms with Gasteiger partial charge in [-0.25, -0.2) is 13.5 Å². The van der Waals surface area contributed by atoms with Crippen LogP contribution >= 0.6 is 0 Å². The van der Waals surface area contributed by atoms with E-state index in [4.69, 9.17) is 14.7 Å². The minimum Gasteiger partial charge on any atom is -0.508 e. The number of carbonyl (C=O) groups excluding carboxylic acids is 1. The van der Waals surface area contributed by atoms with Crippen molar-refractivity contribution in [2.75, 3.05) is 49.1 Å². The molecular formula is C39H47F2N7O3. The second-order valence-electron chi connectivity index (χ2n) is 14.9. The van der Waals surface area contributed by atoms with Crippen LogP contribution in [0.4, 0.5) is 20.3 Å². The van der Waals surface area contributed by atoms with E-state index in [1.807, 2.05) is 19.9 Å². The topological polar surface area (TPSA) is 99.9 Å². The molecule has 4 aromatic rings. The Labute approximate surface area is 297 Å². The van der Waals surface area contributed by atoms with Crippen molar-refractivity contribution >= 4 is 28.2 Å². The number of anilines is 2. The molecule has 0 amide bonds. The number of hydrogen-bond acceptors (Lipinski definition) is 9. The van der Waals surface area contributed by atoms with Crippen LogP contribution < -0.4 is 14.5 Å². The molecule has 3 fully saturated rings. The minimum atomic E-state index is -0.855. The van der Waals surface area contributed by atoms with Gasteiger partial charge in [-0.1, -0.05) is 13.0 Å². The van der Waals surface area contributed by atoms with Crippen molar-refractivity contribution < 1.29 is 23.4 Å². The highest BCUT2D eigenvalue weighted by Crippen LogP contribution is 2.42. The average molecular weight is 700 g/mol. The Bertz CT molecular complexity index is 1940. The summed E-state index contributed by atoms with van der Waals surface area (Å²) in [4.78, 5) is 30.0. The number of phenolic OH excluding ortho intramolecular Hbond substituents is 1. The molecule has 4 aliphatic rings. The van der Waals surface area contributed by atoms with E-state index >= 15 is 4.39 Å². The van der Waals surface area contributed by atoms with Gasteiger partial charge in [-0.05, 0) is 94.0 Å². The van der Waals surface area contributed by atoms with Crippen LogP contribution in [-0.4, -0.2) is 86.7 Å². The normalized spacial score (nSPS) is 22.9. The molecule has 12 heteroatoms. The standard InChI is InChI=1S/C39H47F2N7O3/c1-3-30-32(41)10-9-27-19-29(49)20-34(35(27)30)46-17-12-31-33(23-46)42-38(51-24-39-13-6-16-47(39)22-28(40)21-39)43-36(31)45-14-4-7-26(8-5-15-45)37(50)48-18-11-25(2)44-48/h9-11,18-20,26,28,49H,3-8,12-17,21-24H2,1-2H3/t28-,39+/m1/s1. The smallest absolute Gasteiger partial charge is 0.318 e. The number of ether oxygens (including phenoxy) is 1. The largest absolute Gasteiger partial charge is 0.508 e. The summed E-state index contributed by atoms with van der Waals surface area (Å²) in [6.07, 6.45) is 7.65. The first kappa shape index (κ1) is 33.8. The lowest BCUT2D eigenvalue weighted by molar-refractivity contribution is 0.0796. The van der Waals surface area contributed by atoms with Crippen LogP contribution in [-0.2, 0) is 19.4 Å². The maximum Gasteiger partial charge on any atom is 0.318 e. The summed E-state index contributed by atoms with van der Waals surface area (Å²) in [5.41, 5.74) is 3.82. The van der Waals surface area contributed by atoms with Gasteiger partial charge < -0.3 is 19.6 Å². The van der Waals surface area contributed by atoms with Crippen molar-refractivity contribution in [3.8, 4) is 11.8 Å². The fraction of sp³-hybridized carbons (Fsp3) is 0.538. The number of phenols is 1. The molecule has 0 aliphatic carbocycles. The molecule has 8 rings (SSSR count). The Morgan fingerprint density at radius 1 is 1.06 bits per heavy atom. The molecule has 6 heterocycles. The second kappa shape index (κ2) is 13.7. The summed E-state index contributed by atoms with van der Waals surface area (Å²) in [5, 5.41) is 16.7. The van der Waals surface area contributed by atoms with Crippen LogP contribution in [0, 0.1) is 18.7 Å². The molecule has 1 N–H and O–H groups in total. The van der Waals surface area contributed by atoms with Crippen molar-refractivity contribution in [1.82, 2.24) is 24.6 Å². The van der Waals surface area contributed by atoms with Crippen LogP contribution in [0.1, 0.15) is 79.2 Å². The molecule has 2 aromatic carbocycles. The molecule has 0 spiro atoms. The van der Waals surface area contributed by atoms with E-state index in [2.05, 4.69) is 19.8 Å². The molecule has 0 unspecified atom stereocenters. The molecule has 4 aliphatic heterocycles. The number of carbonyl (C=O) groups is 1. The van der Waals surface area contributed by atoms with Gasteiger partial charge in [0.2, 0.25) is 5.91 Å². The average Bonchev–Trinajstić information content (AvgIpc) is 3.80. The van der Waals surface area contributed by atoms with Crippen LogP contribution in [0.2, 0.25) is 0 Å². The number of nitrogens with zero attached hydrogens (tertiary/aromatic N) is 7. The zero-order chi connectivity index (χ0) is 35.3. The Hall–Kier alpha value is -4.32. The van der Waals surface area contributed by atoms with Gasteiger partial charge in [-0.2, -0.15) is 15.1 Å². The maximum absolute atomic E-state index is 15.1. The molecule has 2 atom stereocenters. The van der Waals surface area contributed by atoms with Gasteiger partial charge >= 0.3 is 6.01 Å². The van der Waals surface area contributed by atoms with Gasteiger partial charge in [0.05, 0.1) is 23.5 Å². The van der Waals surface area contributed by atoms with Crippen molar-refractivity contribution in [2.24, 2.45) is 5.92 Å². The van der Waals surface area contributed by atoms with Crippen molar-refractivity contribution in [3.05, 3.63) is 64.9 Å². The van der Waals surface area contributed by atoms with E-state index < -0.39 is 6.17 Å². The number of aromatic hydroxyl groups is 1.